The van der Waals surface area contributed by atoms with E-state index in [1.54, 1.807) is 26.0 Å². The number of carbonyl (C=O) groups is 2. The van der Waals surface area contributed by atoms with Crippen LogP contribution in [0.25, 0.3) is 5.69 Å². The Hall–Kier alpha value is -2.87. The number of para-hydroxylation sites is 1. The molecule has 26 heavy (non-hydrogen) atoms. The zero-order chi connectivity index (χ0) is 19.4. The first kappa shape index (κ1) is 19.5. The molecule has 0 aliphatic carbocycles. The van der Waals surface area contributed by atoms with Gasteiger partial charge in [-0.25, -0.2) is 9.59 Å². The number of rotatable bonds is 6. The van der Waals surface area contributed by atoms with Crippen molar-refractivity contribution in [1.82, 2.24) is 9.78 Å². The van der Waals surface area contributed by atoms with E-state index in [0.29, 0.717) is 0 Å². The molecule has 8 nitrogen and oxygen atoms in total. The van der Waals surface area contributed by atoms with Crippen LogP contribution in [-0.2, 0) is 9.53 Å². The van der Waals surface area contributed by atoms with E-state index in [0.717, 1.165) is 4.68 Å². The van der Waals surface area contributed by atoms with Crippen molar-refractivity contribution in [2.75, 3.05) is 12.4 Å². The van der Waals surface area contributed by atoms with Gasteiger partial charge in [0.25, 0.3) is 5.56 Å². The van der Waals surface area contributed by atoms with Crippen molar-refractivity contribution >= 4 is 29.2 Å². The van der Waals surface area contributed by atoms with E-state index in [1.807, 2.05) is 0 Å². The number of carboxylic acid groups (broad SMARTS) is 1. The van der Waals surface area contributed by atoms with Crippen molar-refractivity contribution in [3.63, 3.8) is 0 Å². The molecule has 0 fully saturated rings. The van der Waals surface area contributed by atoms with E-state index >= 15 is 0 Å². The summed E-state index contributed by atoms with van der Waals surface area (Å²) < 4.78 is 5.67. The van der Waals surface area contributed by atoms with Crippen LogP contribution in [0.15, 0.2) is 35.3 Å². The highest BCUT2D eigenvalue weighted by molar-refractivity contribution is 6.33. The maximum absolute atomic E-state index is 12.6. The normalized spacial score (nSPS) is 11.9. The minimum Gasteiger partial charge on any atom is -0.480 e. The van der Waals surface area contributed by atoms with E-state index < -0.39 is 23.5 Å². The molecule has 0 unspecified atom stereocenters. The number of aliphatic carboxylic acids is 1. The fourth-order valence-corrected chi connectivity index (χ4v) is 2.51. The molecule has 2 rings (SSSR count). The van der Waals surface area contributed by atoms with E-state index in [-0.39, 0.29) is 27.9 Å². The van der Waals surface area contributed by atoms with Crippen LogP contribution < -0.4 is 10.9 Å². The molecule has 1 atom stereocenters. The molecule has 1 heterocycles. The highest BCUT2D eigenvalue weighted by atomic mass is 35.5. The summed E-state index contributed by atoms with van der Waals surface area (Å²) in [5, 5.41) is 15.8. The minimum absolute atomic E-state index is 0.101. The van der Waals surface area contributed by atoms with Gasteiger partial charge in [-0.05, 0) is 18.1 Å². The van der Waals surface area contributed by atoms with E-state index in [1.165, 1.54) is 25.4 Å². The number of halogens is 1. The Balaban J connectivity index is 2.51. The average Bonchev–Trinajstić information content (AvgIpc) is 2.61. The summed E-state index contributed by atoms with van der Waals surface area (Å²) in [4.78, 5) is 35.8. The zero-order valence-corrected chi connectivity index (χ0v) is 15.1. The molecular weight excluding hydrogens is 362 g/mol. The molecule has 138 valence electrons. The van der Waals surface area contributed by atoms with Crippen LogP contribution in [0.2, 0.25) is 5.02 Å². The number of hydrogen-bond acceptors (Lipinski definition) is 6. The minimum atomic E-state index is -1.07. The Morgan fingerprint density at radius 1 is 1.31 bits per heavy atom. The predicted molar refractivity (Wildman–Crippen MR) is 96.1 cm³/mol. The number of aromatic nitrogens is 2. The maximum Gasteiger partial charge on any atom is 0.340 e. The lowest BCUT2D eigenvalue weighted by Gasteiger charge is -2.20. The van der Waals surface area contributed by atoms with E-state index in [2.05, 4.69) is 10.4 Å². The zero-order valence-electron chi connectivity index (χ0n) is 14.4. The summed E-state index contributed by atoms with van der Waals surface area (Å²) in [6.45, 7) is 3.45. The lowest BCUT2D eigenvalue weighted by atomic mass is 10.0. The second kappa shape index (κ2) is 8.01. The number of anilines is 1. The SMILES string of the molecule is COC(=O)c1ccccc1-n1ncc(N[C@H](C(=O)O)C(C)C)c(Cl)c1=O. The second-order valence-corrected chi connectivity index (χ2v) is 6.18. The van der Waals surface area contributed by atoms with Crippen LogP contribution in [0.1, 0.15) is 24.2 Å². The van der Waals surface area contributed by atoms with Gasteiger partial charge in [-0.2, -0.15) is 9.78 Å². The van der Waals surface area contributed by atoms with Gasteiger partial charge in [0.05, 0.1) is 30.2 Å². The van der Waals surface area contributed by atoms with Crippen LogP contribution in [0.5, 0.6) is 0 Å². The number of hydrogen-bond donors (Lipinski definition) is 2. The molecule has 1 aromatic carbocycles. The Bertz CT molecular complexity index is 894. The van der Waals surface area contributed by atoms with Crippen molar-refractivity contribution in [3.8, 4) is 5.69 Å². The van der Waals surface area contributed by atoms with Crippen LogP contribution in [0, 0.1) is 5.92 Å². The summed E-state index contributed by atoms with van der Waals surface area (Å²) in [5.41, 5.74) is -0.242. The number of nitrogens with one attached hydrogen (secondary N) is 1. The fraction of sp³-hybridized carbons (Fsp3) is 0.294. The molecular formula is C17H18ClN3O5. The summed E-state index contributed by atoms with van der Waals surface area (Å²) in [7, 11) is 1.23. The molecule has 0 spiro atoms. The highest BCUT2D eigenvalue weighted by Crippen LogP contribution is 2.21. The van der Waals surface area contributed by atoms with Crippen molar-refractivity contribution < 1.29 is 19.4 Å². The van der Waals surface area contributed by atoms with Gasteiger partial charge in [0.15, 0.2) is 0 Å². The first-order valence-electron chi connectivity index (χ1n) is 7.72. The standard InChI is InChI=1S/C17H18ClN3O5/c1-9(2)14(16(23)24)20-11-8-19-21(15(22)13(11)18)12-7-5-4-6-10(12)17(25)26-3/h4-9,14,20H,1-3H3,(H,23,24)/t14-/m0/s1. The number of methoxy groups -OCH3 is 1. The van der Waals surface area contributed by atoms with Gasteiger partial charge >= 0.3 is 11.9 Å². The number of esters is 1. The molecule has 9 heteroatoms. The number of ether oxygens (including phenoxy) is 1. The van der Waals surface area contributed by atoms with Crippen LogP contribution >= 0.6 is 11.6 Å². The summed E-state index contributed by atoms with van der Waals surface area (Å²) in [6, 6.07) is 5.34. The molecule has 1 aromatic heterocycles. The molecule has 0 radical (unpaired) electrons. The van der Waals surface area contributed by atoms with Crippen LogP contribution in [0.4, 0.5) is 5.69 Å². The summed E-state index contributed by atoms with van der Waals surface area (Å²) in [5.74, 6) is -1.94. The second-order valence-electron chi connectivity index (χ2n) is 5.80. The topological polar surface area (TPSA) is 111 Å². The Kier molecular flexibility index (Phi) is 5.99. The quantitative estimate of drug-likeness (QED) is 0.740. The van der Waals surface area contributed by atoms with Gasteiger partial charge in [-0.3, -0.25) is 4.79 Å². The Labute approximate surface area is 154 Å². The van der Waals surface area contributed by atoms with Gasteiger partial charge in [0.1, 0.15) is 11.1 Å². The van der Waals surface area contributed by atoms with E-state index in [9.17, 15) is 19.5 Å². The van der Waals surface area contributed by atoms with Crippen LogP contribution in [0.3, 0.4) is 0 Å². The highest BCUT2D eigenvalue weighted by Gasteiger charge is 2.24. The third kappa shape index (κ3) is 3.85. The monoisotopic (exact) mass is 379 g/mol. The molecule has 2 aromatic rings. The van der Waals surface area contributed by atoms with Crippen molar-refractivity contribution in [1.29, 1.82) is 0 Å². The van der Waals surface area contributed by atoms with Crippen molar-refractivity contribution in [2.45, 2.75) is 19.9 Å². The van der Waals surface area contributed by atoms with Gasteiger partial charge < -0.3 is 15.2 Å². The smallest absolute Gasteiger partial charge is 0.340 e. The molecule has 0 saturated heterocycles. The van der Waals surface area contributed by atoms with Crippen LogP contribution in [-0.4, -0.2) is 40.0 Å². The molecule has 0 saturated carbocycles. The number of nitrogens with zero attached hydrogens (tertiary/aromatic N) is 2. The number of benzene rings is 1. The summed E-state index contributed by atoms with van der Waals surface area (Å²) in [6.07, 6.45) is 1.25. The fourth-order valence-electron chi connectivity index (χ4n) is 2.33. The van der Waals surface area contributed by atoms with Gasteiger partial charge in [-0.1, -0.05) is 37.6 Å². The average molecular weight is 380 g/mol. The third-order valence-electron chi connectivity index (χ3n) is 3.70. The Morgan fingerprint density at radius 3 is 2.54 bits per heavy atom. The van der Waals surface area contributed by atoms with Crippen molar-refractivity contribution in [3.05, 3.63) is 51.4 Å². The first-order chi connectivity index (χ1) is 12.3. The third-order valence-corrected chi connectivity index (χ3v) is 4.07. The lowest BCUT2D eigenvalue weighted by molar-refractivity contribution is -0.138. The van der Waals surface area contributed by atoms with Gasteiger partial charge in [-0.15, -0.1) is 0 Å². The number of carbonyl (C=O) groups excluding carboxylic acids is 1. The van der Waals surface area contributed by atoms with Gasteiger partial charge in [0.2, 0.25) is 0 Å². The maximum atomic E-state index is 12.6. The van der Waals surface area contributed by atoms with Crippen molar-refractivity contribution in [2.24, 2.45) is 5.92 Å². The largest absolute Gasteiger partial charge is 0.480 e. The lowest BCUT2D eigenvalue weighted by Crippen LogP contribution is -2.35. The summed E-state index contributed by atoms with van der Waals surface area (Å²) >= 11 is 6.12. The molecule has 0 amide bonds. The number of carboxylic acids is 1. The Morgan fingerprint density at radius 2 is 1.96 bits per heavy atom. The molecule has 2 N–H and O–H groups in total. The van der Waals surface area contributed by atoms with E-state index in [4.69, 9.17) is 16.3 Å². The predicted octanol–water partition coefficient (Wildman–Crippen LogP) is 2.19. The molecule has 0 aliphatic heterocycles. The van der Waals surface area contributed by atoms with Gasteiger partial charge in [0, 0.05) is 0 Å². The first-order valence-corrected chi connectivity index (χ1v) is 8.10. The molecule has 0 aliphatic rings. The molecule has 0 bridgehead atoms.